The van der Waals surface area contributed by atoms with Crippen molar-refractivity contribution in [1.82, 2.24) is 9.55 Å². The SMILES string of the molecule is COC(=O)C1C(C)=NC(C)=C(C(=O)OCCCCCCn2ccnc2CC2COc3ccccc3O2)C1c1ccccc1C(F)(F)F. The number of carbonyl (C=O) groups is 2. The van der Waals surface area contributed by atoms with Crippen molar-refractivity contribution in [2.45, 2.75) is 70.7 Å². The summed E-state index contributed by atoms with van der Waals surface area (Å²) in [6, 6.07) is 12.5. The average molecular weight is 654 g/mol. The van der Waals surface area contributed by atoms with Gasteiger partial charge in [0.05, 0.1) is 24.9 Å². The van der Waals surface area contributed by atoms with Gasteiger partial charge < -0.3 is 23.5 Å². The Kier molecular flexibility index (Phi) is 10.7. The third-order valence-electron chi connectivity index (χ3n) is 8.41. The van der Waals surface area contributed by atoms with Crippen molar-refractivity contribution in [3.05, 3.63) is 89.1 Å². The van der Waals surface area contributed by atoms with Gasteiger partial charge in [-0.05, 0) is 56.9 Å². The van der Waals surface area contributed by atoms with Crippen LogP contribution in [0.1, 0.15) is 62.4 Å². The normalized spacial score (nSPS) is 19.3. The van der Waals surface area contributed by atoms with Crippen molar-refractivity contribution in [2.24, 2.45) is 10.9 Å². The lowest BCUT2D eigenvalue weighted by atomic mass is 9.74. The number of hydrogen-bond donors (Lipinski definition) is 0. The summed E-state index contributed by atoms with van der Waals surface area (Å²) in [6.07, 6.45) is 2.55. The molecule has 0 amide bonds. The average Bonchev–Trinajstić information content (AvgIpc) is 3.49. The van der Waals surface area contributed by atoms with Crippen LogP contribution in [0.4, 0.5) is 13.2 Å². The Labute approximate surface area is 271 Å². The van der Waals surface area contributed by atoms with Crippen LogP contribution in [0.15, 0.2) is 77.2 Å². The molecule has 47 heavy (non-hydrogen) atoms. The lowest BCUT2D eigenvalue weighted by molar-refractivity contribution is -0.145. The highest BCUT2D eigenvalue weighted by Crippen LogP contribution is 2.45. The molecule has 0 fully saturated rings. The number of allylic oxidation sites excluding steroid dienone is 1. The number of esters is 2. The number of carbonyl (C=O) groups excluding carboxylic acids is 2. The van der Waals surface area contributed by atoms with Crippen molar-refractivity contribution in [3.63, 3.8) is 0 Å². The number of halogens is 3. The fourth-order valence-corrected chi connectivity index (χ4v) is 6.18. The van der Waals surface area contributed by atoms with E-state index in [-0.39, 0.29) is 35.3 Å². The number of methoxy groups -OCH3 is 1. The second-order valence-corrected chi connectivity index (χ2v) is 11.6. The van der Waals surface area contributed by atoms with Crippen molar-refractivity contribution >= 4 is 17.7 Å². The minimum atomic E-state index is -4.70. The molecule has 250 valence electrons. The number of unbranched alkanes of at least 4 members (excludes halogenated alkanes) is 3. The van der Waals surface area contributed by atoms with E-state index in [2.05, 4.69) is 14.5 Å². The molecule has 2 aromatic carbocycles. The molecule has 2 aliphatic rings. The largest absolute Gasteiger partial charge is 0.486 e. The molecule has 0 saturated heterocycles. The molecule has 3 atom stereocenters. The Morgan fingerprint density at radius 1 is 1.00 bits per heavy atom. The van der Waals surface area contributed by atoms with Crippen molar-refractivity contribution in [1.29, 1.82) is 0 Å². The molecule has 0 N–H and O–H groups in total. The van der Waals surface area contributed by atoms with Crippen LogP contribution in [0.3, 0.4) is 0 Å². The number of aryl methyl sites for hydroxylation is 1. The van der Waals surface area contributed by atoms with E-state index in [1.165, 1.54) is 25.1 Å². The predicted molar refractivity (Wildman–Crippen MR) is 167 cm³/mol. The molecule has 0 bridgehead atoms. The second kappa shape index (κ2) is 14.9. The van der Waals surface area contributed by atoms with Gasteiger partial charge in [-0.1, -0.05) is 36.8 Å². The Bertz CT molecular complexity index is 1650. The maximum atomic E-state index is 14.1. The zero-order chi connectivity index (χ0) is 33.6. The van der Waals surface area contributed by atoms with Crippen LogP contribution in [0, 0.1) is 5.92 Å². The highest BCUT2D eigenvalue weighted by Gasteiger charge is 2.46. The molecule has 5 rings (SSSR count). The Balaban J connectivity index is 1.15. The molecule has 3 unspecified atom stereocenters. The minimum absolute atomic E-state index is 0.0751. The lowest BCUT2D eigenvalue weighted by Crippen LogP contribution is -2.37. The van der Waals surface area contributed by atoms with Crippen LogP contribution in [-0.4, -0.2) is 53.6 Å². The van der Waals surface area contributed by atoms with Crippen molar-refractivity contribution < 1.29 is 41.7 Å². The smallest absolute Gasteiger partial charge is 0.416 e. The van der Waals surface area contributed by atoms with Crippen LogP contribution < -0.4 is 9.47 Å². The summed E-state index contributed by atoms with van der Waals surface area (Å²) in [5.74, 6) is -1.68. The van der Waals surface area contributed by atoms with E-state index in [0.717, 1.165) is 56.3 Å². The van der Waals surface area contributed by atoms with E-state index in [0.29, 0.717) is 19.4 Å². The predicted octanol–water partition coefficient (Wildman–Crippen LogP) is 6.71. The van der Waals surface area contributed by atoms with Crippen molar-refractivity contribution in [2.75, 3.05) is 20.3 Å². The number of alkyl halides is 3. The third-order valence-corrected chi connectivity index (χ3v) is 8.41. The molecule has 0 saturated carbocycles. The number of hydrogen-bond acceptors (Lipinski definition) is 8. The van der Waals surface area contributed by atoms with E-state index < -0.39 is 35.5 Å². The third kappa shape index (κ3) is 7.86. The van der Waals surface area contributed by atoms with Crippen LogP contribution in [0.2, 0.25) is 0 Å². The van der Waals surface area contributed by atoms with Gasteiger partial charge in [0.25, 0.3) is 0 Å². The lowest BCUT2D eigenvalue weighted by Gasteiger charge is -2.32. The summed E-state index contributed by atoms with van der Waals surface area (Å²) in [4.78, 5) is 35.1. The quantitative estimate of drug-likeness (QED) is 0.158. The summed E-state index contributed by atoms with van der Waals surface area (Å²) in [5.41, 5.74) is -0.745. The first-order valence-electron chi connectivity index (χ1n) is 15.6. The first-order chi connectivity index (χ1) is 22.6. The van der Waals surface area contributed by atoms with E-state index in [1.807, 2.05) is 30.5 Å². The minimum Gasteiger partial charge on any atom is -0.486 e. The standard InChI is InChI=1S/C35H38F3N3O6/c1-22-30(33(42)44-3)32(25-12-6-7-13-26(25)35(36,37)38)31(23(2)40-22)34(43)45-19-11-5-4-10-17-41-18-16-39-29(41)20-24-21-46-27-14-8-9-15-28(27)47-24/h6-9,12-16,18,24,30,32H,4-5,10-11,17,19-21H2,1-3H3. The number of para-hydroxylation sites is 2. The summed E-state index contributed by atoms with van der Waals surface area (Å²) in [6.45, 7) is 4.36. The van der Waals surface area contributed by atoms with Gasteiger partial charge in [0, 0.05) is 42.7 Å². The molecule has 0 radical (unpaired) electrons. The Morgan fingerprint density at radius 2 is 1.72 bits per heavy atom. The monoisotopic (exact) mass is 653 g/mol. The number of fused-ring (bicyclic) bond motifs is 1. The van der Waals surface area contributed by atoms with Crippen LogP contribution in [0.5, 0.6) is 11.5 Å². The second-order valence-electron chi connectivity index (χ2n) is 11.6. The summed E-state index contributed by atoms with van der Waals surface area (Å²) in [5, 5.41) is 0. The zero-order valence-corrected chi connectivity index (χ0v) is 26.6. The fourth-order valence-electron chi connectivity index (χ4n) is 6.18. The highest BCUT2D eigenvalue weighted by molar-refractivity contribution is 6.07. The Hall–Kier alpha value is -4.61. The number of benzene rings is 2. The molecule has 1 aromatic heterocycles. The first kappa shape index (κ1) is 33.7. The van der Waals surface area contributed by atoms with Crippen molar-refractivity contribution in [3.8, 4) is 11.5 Å². The maximum Gasteiger partial charge on any atom is 0.416 e. The summed E-state index contributed by atoms with van der Waals surface area (Å²) < 4.78 is 66.7. The van der Waals surface area contributed by atoms with Gasteiger partial charge in [0.15, 0.2) is 11.5 Å². The van der Waals surface area contributed by atoms with Gasteiger partial charge in [0.1, 0.15) is 24.5 Å². The number of aromatic nitrogens is 2. The van der Waals surface area contributed by atoms with Gasteiger partial charge in [-0.2, -0.15) is 13.2 Å². The van der Waals surface area contributed by atoms with E-state index in [9.17, 15) is 22.8 Å². The maximum absolute atomic E-state index is 14.1. The number of nitrogens with zero attached hydrogens (tertiary/aromatic N) is 3. The van der Waals surface area contributed by atoms with E-state index in [4.69, 9.17) is 18.9 Å². The molecule has 0 spiro atoms. The fraction of sp³-hybridized carbons (Fsp3) is 0.429. The van der Waals surface area contributed by atoms with Crippen LogP contribution in [-0.2, 0) is 38.2 Å². The molecule has 12 heteroatoms. The van der Waals surface area contributed by atoms with Gasteiger partial charge in [-0.3, -0.25) is 9.79 Å². The molecule has 0 aliphatic carbocycles. The van der Waals surface area contributed by atoms with Crippen LogP contribution >= 0.6 is 0 Å². The first-order valence-corrected chi connectivity index (χ1v) is 15.6. The molecular formula is C35H38F3N3O6. The molecule has 9 nitrogen and oxygen atoms in total. The Morgan fingerprint density at radius 3 is 2.49 bits per heavy atom. The van der Waals surface area contributed by atoms with Gasteiger partial charge in [-0.25, -0.2) is 9.78 Å². The molecular weight excluding hydrogens is 615 g/mol. The van der Waals surface area contributed by atoms with E-state index in [1.54, 1.807) is 13.1 Å². The van der Waals surface area contributed by atoms with Gasteiger partial charge >= 0.3 is 18.1 Å². The summed E-state index contributed by atoms with van der Waals surface area (Å²) in [7, 11) is 1.15. The number of imidazole rings is 1. The van der Waals surface area contributed by atoms with Gasteiger partial charge in [-0.15, -0.1) is 0 Å². The summed E-state index contributed by atoms with van der Waals surface area (Å²) >= 11 is 0. The topological polar surface area (TPSA) is 101 Å². The zero-order valence-electron chi connectivity index (χ0n) is 26.6. The van der Waals surface area contributed by atoms with Gasteiger partial charge in [0.2, 0.25) is 0 Å². The number of ether oxygens (including phenoxy) is 4. The van der Waals surface area contributed by atoms with E-state index >= 15 is 0 Å². The number of aliphatic imine (C=N–C) groups is 1. The van der Waals surface area contributed by atoms with Crippen LogP contribution in [0.25, 0.3) is 0 Å². The molecule has 3 heterocycles. The highest BCUT2D eigenvalue weighted by atomic mass is 19.4. The molecule has 2 aliphatic heterocycles. The number of rotatable bonds is 12. The molecule has 3 aromatic rings.